The van der Waals surface area contributed by atoms with Crippen LogP contribution in [0.15, 0.2) is 42.5 Å². The SMILES string of the molecule is COc1ccc(CC(=O)N2CCOCC2c2ccc(F)cc2)cc1OC. The number of hydrogen-bond acceptors (Lipinski definition) is 4. The minimum absolute atomic E-state index is 0.00477. The van der Waals surface area contributed by atoms with Gasteiger partial charge in [-0.3, -0.25) is 4.79 Å². The third kappa shape index (κ3) is 3.96. The van der Waals surface area contributed by atoms with Crippen LogP contribution in [0.1, 0.15) is 17.2 Å². The molecule has 1 saturated heterocycles. The van der Waals surface area contributed by atoms with Crippen molar-refractivity contribution in [2.75, 3.05) is 34.0 Å². The lowest BCUT2D eigenvalue weighted by Crippen LogP contribution is -2.44. The highest BCUT2D eigenvalue weighted by atomic mass is 19.1. The highest BCUT2D eigenvalue weighted by molar-refractivity contribution is 5.79. The molecule has 1 atom stereocenters. The fraction of sp³-hybridized carbons (Fsp3) is 0.350. The van der Waals surface area contributed by atoms with Crippen LogP contribution >= 0.6 is 0 Å². The Morgan fingerprint density at radius 2 is 1.88 bits per heavy atom. The van der Waals surface area contributed by atoms with E-state index in [1.165, 1.54) is 12.1 Å². The summed E-state index contributed by atoms with van der Waals surface area (Å²) < 4.78 is 29.3. The fourth-order valence-corrected chi connectivity index (χ4v) is 3.13. The largest absolute Gasteiger partial charge is 0.493 e. The first-order chi connectivity index (χ1) is 12.6. The molecule has 0 radical (unpaired) electrons. The number of hydrogen-bond donors (Lipinski definition) is 0. The predicted molar refractivity (Wildman–Crippen MR) is 94.9 cm³/mol. The van der Waals surface area contributed by atoms with Gasteiger partial charge in [0.2, 0.25) is 5.91 Å². The molecular formula is C20H22FNO4. The van der Waals surface area contributed by atoms with E-state index in [2.05, 4.69) is 0 Å². The van der Waals surface area contributed by atoms with E-state index in [9.17, 15) is 9.18 Å². The molecule has 0 N–H and O–H groups in total. The number of halogens is 1. The Balaban J connectivity index is 1.77. The summed E-state index contributed by atoms with van der Waals surface area (Å²) in [6.07, 6.45) is 0.248. The fourth-order valence-electron chi connectivity index (χ4n) is 3.13. The van der Waals surface area contributed by atoms with E-state index < -0.39 is 0 Å². The van der Waals surface area contributed by atoms with Gasteiger partial charge in [0.25, 0.3) is 0 Å². The van der Waals surface area contributed by atoms with Crippen molar-refractivity contribution in [3.63, 3.8) is 0 Å². The van der Waals surface area contributed by atoms with Crippen LogP contribution in [0.5, 0.6) is 11.5 Å². The Bertz CT molecular complexity index is 763. The number of amides is 1. The van der Waals surface area contributed by atoms with Gasteiger partial charge < -0.3 is 19.1 Å². The maximum absolute atomic E-state index is 13.2. The topological polar surface area (TPSA) is 48.0 Å². The standard InChI is InChI=1S/C20H22FNO4/c1-24-18-8-3-14(11-19(18)25-2)12-20(23)22-9-10-26-13-17(22)15-4-6-16(21)7-5-15/h3-8,11,17H,9-10,12-13H2,1-2H3. The van der Waals surface area contributed by atoms with Crippen molar-refractivity contribution in [2.45, 2.75) is 12.5 Å². The van der Waals surface area contributed by atoms with E-state index >= 15 is 0 Å². The molecular weight excluding hydrogens is 337 g/mol. The van der Waals surface area contributed by atoms with Crippen LogP contribution < -0.4 is 9.47 Å². The van der Waals surface area contributed by atoms with Gasteiger partial charge in [0.05, 0.1) is 39.9 Å². The van der Waals surface area contributed by atoms with Crippen LogP contribution in [-0.4, -0.2) is 44.8 Å². The van der Waals surface area contributed by atoms with Crippen LogP contribution in [-0.2, 0) is 16.0 Å². The van der Waals surface area contributed by atoms with Gasteiger partial charge in [-0.25, -0.2) is 4.39 Å². The first-order valence-corrected chi connectivity index (χ1v) is 8.46. The molecule has 0 bridgehead atoms. The molecule has 1 heterocycles. The van der Waals surface area contributed by atoms with Crippen molar-refractivity contribution in [2.24, 2.45) is 0 Å². The summed E-state index contributed by atoms with van der Waals surface area (Å²) in [6, 6.07) is 11.4. The number of methoxy groups -OCH3 is 2. The summed E-state index contributed by atoms with van der Waals surface area (Å²) in [5.41, 5.74) is 1.71. The van der Waals surface area contributed by atoms with E-state index in [1.54, 1.807) is 37.3 Å². The van der Waals surface area contributed by atoms with Crippen molar-refractivity contribution in [1.29, 1.82) is 0 Å². The average molecular weight is 359 g/mol. The molecule has 2 aromatic rings. The number of benzene rings is 2. The summed E-state index contributed by atoms with van der Waals surface area (Å²) in [7, 11) is 3.14. The monoisotopic (exact) mass is 359 g/mol. The minimum Gasteiger partial charge on any atom is -0.493 e. The highest BCUT2D eigenvalue weighted by Gasteiger charge is 2.28. The average Bonchev–Trinajstić information content (AvgIpc) is 2.68. The third-order valence-electron chi connectivity index (χ3n) is 4.51. The number of nitrogens with zero attached hydrogens (tertiary/aromatic N) is 1. The summed E-state index contributed by atoms with van der Waals surface area (Å²) in [6.45, 7) is 1.41. The third-order valence-corrected chi connectivity index (χ3v) is 4.51. The van der Waals surface area contributed by atoms with E-state index in [4.69, 9.17) is 14.2 Å². The van der Waals surface area contributed by atoms with E-state index in [-0.39, 0.29) is 24.2 Å². The van der Waals surface area contributed by atoms with Crippen molar-refractivity contribution in [3.8, 4) is 11.5 Å². The Kier molecular flexibility index (Phi) is 5.73. The zero-order valence-electron chi connectivity index (χ0n) is 14.9. The van der Waals surface area contributed by atoms with Crippen LogP contribution in [0.3, 0.4) is 0 Å². The van der Waals surface area contributed by atoms with E-state index in [1.807, 2.05) is 12.1 Å². The molecule has 1 aliphatic rings. The summed E-state index contributed by atoms with van der Waals surface area (Å²) in [5.74, 6) is 0.914. The van der Waals surface area contributed by atoms with Gasteiger partial charge in [0.1, 0.15) is 5.82 Å². The quantitative estimate of drug-likeness (QED) is 0.824. The molecule has 2 aromatic carbocycles. The number of carbonyl (C=O) groups is 1. The second kappa shape index (κ2) is 8.19. The molecule has 0 aromatic heterocycles. The number of carbonyl (C=O) groups excluding carboxylic acids is 1. The molecule has 3 rings (SSSR count). The van der Waals surface area contributed by atoms with Gasteiger partial charge in [-0.1, -0.05) is 18.2 Å². The Labute approximate surface area is 152 Å². The molecule has 26 heavy (non-hydrogen) atoms. The van der Waals surface area contributed by atoms with Crippen LogP contribution in [0, 0.1) is 5.82 Å². The molecule has 1 unspecified atom stereocenters. The van der Waals surface area contributed by atoms with Gasteiger partial charge in [-0.05, 0) is 35.4 Å². The van der Waals surface area contributed by atoms with Gasteiger partial charge >= 0.3 is 0 Å². The van der Waals surface area contributed by atoms with Gasteiger partial charge in [-0.2, -0.15) is 0 Å². The van der Waals surface area contributed by atoms with Gasteiger partial charge in [-0.15, -0.1) is 0 Å². The Hall–Kier alpha value is -2.60. The van der Waals surface area contributed by atoms with Crippen LogP contribution in [0.4, 0.5) is 4.39 Å². The van der Waals surface area contributed by atoms with Crippen LogP contribution in [0.2, 0.25) is 0 Å². The van der Waals surface area contributed by atoms with Crippen molar-refractivity contribution in [3.05, 3.63) is 59.4 Å². The highest BCUT2D eigenvalue weighted by Crippen LogP contribution is 2.29. The Morgan fingerprint density at radius 3 is 2.58 bits per heavy atom. The van der Waals surface area contributed by atoms with Crippen LogP contribution in [0.25, 0.3) is 0 Å². The molecule has 5 nitrogen and oxygen atoms in total. The maximum atomic E-state index is 13.2. The van der Waals surface area contributed by atoms with E-state index in [0.717, 1.165) is 11.1 Å². The molecule has 0 spiro atoms. The molecule has 0 saturated carbocycles. The number of rotatable bonds is 5. The second-order valence-corrected chi connectivity index (χ2v) is 6.10. The normalized spacial score (nSPS) is 17.0. The molecule has 138 valence electrons. The first-order valence-electron chi connectivity index (χ1n) is 8.46. The molecule has 1 amide bonds. The number of morpholine rings is 1. The molecule has 0 aliphatic carbocycles. The lowest BCUT2D eigenvalue weighted by molar-refractivity contribution is -0.139. The van der Waals surface area contributed by atoms with Gasteiger partial charge in [0.15, 0.2) is 11.5 Å². The zero-order valence-corrected chi connectivity index (χ0v) is 14.9. The van der Waals surface area contributed by atoms with E-state index in [0.29, 0.717) is 31.3 Å². The van der Waals surface area contributed by atoms with Crippen molar-refractivity contribution >= 4 is 5.91 Å². The second-order valence-electron chi connectivity index (χ2n) is 6.10. The van der Waals surface area contributed by atoms with Crippen molar-refractivity contribution < 1.29 is 23.4 Å². The summed E-state index contributed by atoms with van der Waals surface area (Å²) >= 11 is 0. The number of ether oxygens (including phenoxy) is 3. The smallest absolute Gasteiger partial charge is 0.227 e. The molecule has 6 heteroatoms. The van der Waals surface area contributed by atoms with Gasteiger partial charge in [0, 0.05) is 6.54 Å². The molecule has 1 aliphatic heterocycles. The first kappa shape index (κ1) is 18.2. The van der Waals surface area contributed by atoms with Crippen molar-refractivity contribution in [1.82, 2.24) is 4.90 Å². The summed E-state index contributed by atoms with van der Waals surface area (Å²) in [4.78, 5) is 14.7. The lowest BCUT2D eigenvalue weighted by atomic mass is 10.0. The zero-order chi connectivity index (χ0) is 18.5. The maximum Gasteiger partial charge on any atom is 0.227 e. The lowest BCUT2D eigenvalue weighted by Gasteiger charge is -2.36. The molecule has 1 fully saturated rings. The summed E-state index contributed by atoms with van der Waals surface area (Å²) in [5, 5.41) is 0. The Morgan fingerprint density at radius 1 is 1.15 bits per heavy atom. The predicted octanol–water partition coefficient (Wildman–Crippen LogP) is 2.99. The minimum atomic E-state index is -0.298.